The van der Waals surface area contributed by atoms with Gasteiger partial charge >= 0.3 is 0 Å². The van der Waals surface area contributed by atoms with Crippen LogP contribution in [0.25, 0.3) is 0 Å². The van der Waals surface area contributed by atoms with E-state index in [0.29, 0.717) is 6.61 Å². The number of carbonyl (C=O) groups is 1. The fourth-order valence-corrected chi connectivity index (χ4v) is 1.49. The Bertz CT molecular complexity index is 215. The van der Waals surface area contributed by atoms with Gasteiger partial charge in [0.25, 0.3) is 5.91 Å². The number of carbonyl (C=O) groups excluding carboxylic acids is 1. The van der Waals surface area contributed by atoms with Crippen molar-refractivity contribution in [2.75, 3.05) is 20.3 Å². The average Bonchev–Trinajstić information content (AvgIpc) is 3.04. The summed E-state index contributed by atoms with van der Waals surface area (Å²) < 4.78 is 10.2. The molecule has 0 aromatic carbocycles. The maximum absolute atomic E-state index is 11.4. The van der Waals surface area contributed by atoms with E-state index < -0.39 is 0 Å². The molecule has 2 unspecified atom stereocenters. The SMILES string of the molecule is COCCC1OC1C(=O)NCC1CC1. The predicted octanol–water partition coefficient (Wildman–Crippen LogP) is 0.316. The van der Waals surface area contributed by atoms with Crippen molar-refractivity contribution in [3.05, 3.63) is 0 Å². The van der Waals surface area contributed by atoms with Crippen molar-refractivity contribution in [1.82, 2.24) is 5.32 Å². The van der Waals surface area contributed by atoms with Crippen LogP contribution in [0.3, 0.4) is 0 Å². The molecule has 2 atom stereocenters. The fourth-order valence-electron chi connectivity index (χ4n) is 1.49. The van der Waals surface area contributed by atoms with Crippen LogP contribution in [0.15, 0.2) is 0 Å². The molecule has 1 aliphatic carbocycles. The van der Waals surface area contributed by atoms with Crippen LogP contribution in [-0.4, -0.2) is 38.4 Å². The molecule has 2 rings (SSSR count). The van der Waals surface area contributed by atoms with Gasteiger partial charge in [0.2, 0.25) is 0 Å². The van der Waals surface area contributed by atoms with Crippen LogP contribution in [0.5, 0.6) is 0 Å². The van der Waals surface area contributed by atoms with Crippen molar-refractivity contribution < 1.29 is 14.3 Å². The van der Waals surface area contributed by atoms with Crippen molar-refractivity contribution in [3.63, 3.8) is 0 Å². The van der Waals surface area contributed by atoms with Gasteiger partial charge in [-0.1, -0.05) is 0 Å². The summed E-state index contributed by atoms with van der Waals surface area (Å²) >= 11 is 0. The molecule has 4 heteroatoms. The Balaban J connectivity index is 1.57. The largest absolute Gasteiger partial charge is 0.385 e. The second kappa shape index (κ2) is 4.28. The lowest BCUT2D eigenvalue weighted by atomic mass is 10.2. The summed E-state index contributed by atoms with van der Waals surface area (Å²) in [5.74, 6) is 0.785. The van der Waals surface area contributed by atoms with E-state index in [9.17, 15) is 4.79 Å². The molecule has 1 N–H and O–H groups in total. The molecule has 0 bridgehead atoms. The van der Waals surface area contributed by atoms with Crippen LogP contribution >= 0.6 is 0 Å². The highest BCUT2D eigenvalue weighted by Gasteiger charge is 2.44. The first kappa shape index (κ1) is 9.93. The first-order valence-electron chi connectivity index (χ1n) is 5.23. The molecule has 1 amide bonds. The molecule has 0 aromatic rings. The zero-order valence-corrected chi connectivity index (χ0v) is 8.49. The van der Waals surface area contributed by atoms with Gasteiger partial charge in [0.05, 0.1) is 6.10 Å². The maximum atomic E-state index is 11.4. The van der Waals surface area contributed by atoms with Crippen LogP contribution < -0.4 is 5.32 Å². The van der Waals surface area contributed by atoms with Gasteiger partial charge in [-0.2, -0.15) is 0 Å². The van der Waals surface area contributed by atoms with Crippen LogP contribution in [0, 0.1) is 5.92 Å². The number of hydrogen-bond acceptors (Lipinski definition) is 3. The van der Waals surface area contributed by atoms with Crippen LogP contribution in [0.2, 0.25) is 0 Å². The minimum absolute atomic E-state index is 0.0537. The van der Waals surface area contributed by atoms with E-state index >= 15 is 0 Å². The second-order valence-corrected chi connectivity index (χ2v) is 4.07. The summed E-state index contributed by atoms with van der Waals surface area (Å²) in [6.07, 6.45) is 3.23. The van der Waals surface area contributed by atoms with E-state index in [1.54, 1.807) is 7.11 Å². The summed E-state index contributed by atoms with van der Waals surface area (Å²) in [4.78, 5) is 11.4. The summed E-state index contributed by atoms with van der Waals surface area (Å²) in [6, 6.07) is 0. The topological polar surface area (TPSA) is 50.9 Å². The monoisotopic (exact) mass is 199 g/mol. The second-order valence-electron chi connectivity index (χ2n) is 4.07. The summed E-state index contributed by atoms with van der Waals surface area (Å²) in [5, 5.41) is 2.91. The number of amides is 1. The summed E-state index contributed by atoms with van der Waals surface area (Å²) in [6.45, 7) is 1.49. The third-order valence-corrected chi connectivity index (χ3v) is 2.71. The molecule has 0 aromatic heterocycles. The van der Waals surface area contributed by atoms with Gasteiger partial charge in [-0.15, -0.1) is 0 Å². The molecule has 4 nitrogen and oxygen atoms in total. The van der Waals surface area contributed by atoms with Crippen molar-refractivity contribution in [3.8, 4) is 0 Å². The van der Waals surface area contributed by atoms with Gasteiger partial charge < -0.3 is 14.8 Å². The molecule has 1 saturated carbocycles. The molecule has 2 fully saturated rings. The van der Waals surface area contributed by atoms with Crippen LogP contribution in [-0.2, 0) is 14.3 Å². The maximum Gasteiger partial charge on any atom is 0.251 e. The normalized spacial score (nSPS) is 30.1. The van der Waals surface area contributed by atoms with Crippen molar-refractivity contribution in [1.29, 1.82) is 0 Å². The molecule has 1 heterocycles. The quantitative estimate of drug-likeness (QED) is 0.627. The average molecular weight is 199 g/mol. The van der Waals surface area contributed by atoms with E-state index in [-0.39, 0.29) is 18.1 Å². The minimum Gasteiger partial charge on any atom is -0.385 e. The molecule has 80 valence electrons. The Morgan fingerprint density at radius 1 is 1.57 bits per heavy atom. The smallest absolute Gasteiger partial charge is 0.251 e. The van der Waals surface area contributed by atoms with E-state index in [0.717, 1.165) is 18.9 Å². The molecule has 1 saturated heterocycles. The standard InChI is InChI=1S/C10H17NO3/c1-13-5-4-8-9(14-8)10(12)11-6-7-2-3-7/h7-9H,2-6H2,1H3,(H,11,12). The fraction of sp³-hybridized carbons (Fsp3) is 0.900. The van der Waals surface area contributed by atoms with Gasteiger partial charge in [0, 0.05) is 26.7 Å². The summed E-state index contributed by atoms with van der Waals surface area (Å²) in [7, 11) is 1.66. The lowest BCUT2D eigenvalue weighted by Gasteiger charge is -2.00. The zero-order valence-electron chi connectivity index (χ0n) is 8.49. The molecule has 14 heavy (non-hydrogen) atoms. The molecule has 1 aliphatic heterocycles. The van der Waals surface area contributed by atoms with Gasteiger partial charge in [-0.3, -0.25) is 4.79 Å². The Kier molecular flexibility index (Phi) is 3.03. The van der Waals surface area contributed by atoms with Gasteiger partial charge in [0.15, 0.2) is 6.10 Å². The third-order valence-electron chi connectivity index (χ3n) is 2.71. The number of hydrogen-bond donors (Lipinski definition) is 1. The Morgan fingerprint density at radius 2 is 2.36 bits per heavy atom. The number of methoxy groups -OCH3 is 1. The number of rotatable bonds is 6. The molecule has 0 radical (unpaired) electrons. The molecule has 2 aliphatic rings. The number of ether oxygens (including phenoxy) is 2. The van der Waals surface area contributed by atoms with Gasteiger partial charge in [0.1, 0.15) is 0 Å². The Labute approximate surface area is 84.0 Å². The van der Waals surface area contributed by atoms with E-state index in [2.05, 4.69) is 5.32 Å². The van der Waals surface area contributed by atoms with Gasteiger partial charge in [-0.05, 0) is 18.8 Å². The summed E-state index contributed by atoms with van der Waals surface area (Å²) in [5.41, 5.74) is 0. The highest BCUT2D eigenvalue weighted by molar-refractivity contribution is 5.83. The third kappa shape index (κ3) is 2.69. The first-order chi connectivity index (χ1) is 6.81. The van der Waals surface area contributed by atoms with Crippen molar-refractivity contribution in [2.45, 2.75) is 31.5 Å². The van der Waals surface area contributed by atoms with E-state index in [1.165, 1.54) is 12.8 Å². The highest BCUT2D eigenvalue weighted by atomic mass is 16.6. The first-order valence-corrected chi connectivity index (χ1v) is 5.23. The Hall–Kier alpha value is -0.610. The van der Waals surface area contributed by atoms with Crippen molar-refractivity contribution in [2.24, 2.45) is 5.92 Å². The lowest BCUT2D eigenvalue weighted by molar-refractivity contribution is -0.122. The Morgan fingerprint density at radius 3 is 3.00 bits per heavy atom. The van der Waals surface area contributed by atoms with E-state index in [4.69, 9.17) is 9.47 Å². The molecular weight excluding hydrogens is 182 g/mol. The van der Waals surface area contributed by atoms with Gasteiger partial charge in [-0.25, -0.2) is 0 Å². The molecular formula is C10H17NO3. The van der Waals surface area contributed by atoms with Crippen LogP contribution in [0.4, 0.5) is 0 Å². The lowest BCUT2D eigenvalue weighted by Crippen LogP contribution is -2.30. The number of nitrogens with one attached hydrogen (secondary N) is 1. The van der Waals surface area contributed by atoms with Crippen molar-refractivity contribution >= 4 is 5.91 Å². The minimum atomic E-state index is -0.205. The van der Waals surface area contributed by atoms with E-state index in [1.807, 2.05) is 0 Å². The highest BCUT2D eigenvalue weighted by Crippen LogP contribution is 2.29. The van der Waals surface area contributed by atoms with Crippen LogP contribution in [0.1, 0.15) is 19.3 Å². The predicted molar refractivity (Wildman–Crippen MR) is 50.9 cm³/mol. The molecule has 0 spiro atoms. The zero-order chi connectivity index (χ0) is 9.97. The number of epoxide rings is 1.